The lowest BCUT2D eigenvalue weighted by Gasteiger charge is -2.04. The highest BCUT2D eigenvalue weighted by Crippen LogP contribution is 2.32. The van der Waals surface area contributed by atoms with Crippen LogP contribution in [0.5, 0.6) is 0 Å². The molecular formula is C16H12N4S. The summed E-state index contributed by atoms with van der Waals surface area (Å²) in [5.41, 5.74) is 8.79. The summed E-state index contributed by atoms with van der Waals surface area (Å²) in [4.78, 5) is 12.4. The summed E-state index contributed by atoms with van der Waals surface area (Å²) in [5, 5.41) is 2.90. The molecule has 5 heteroatoms. The molecule has 21 heavy (non-hydrogen) atoms. The van der Waals surface area contributed by atoms with Crippen LogP contribution >= 0.6 is 11.8 Å². The molecule has 0 radical (unpaired) electrons. The van der Waals surface area contributed by atoms with Gasteiger partial charge in [-0.15, -0.1) is 0 Å². The average molecular weight is 292 g/mol. The zero-order chi connectivity index (χ0) is 14.2. The van der Waals surface area contributed by atoms with Crippen molar-refractivity contribution in [2.24, 2.45) is 0 Å². The summed E-state index contributed by atoms with van der Waals surface area (Å²) in [5.74, 6) is 0.456. The molecule has 4 nitrogen and oxygen atoms in total. The first-order valence-corrected chi connectivity index (χ1v) is 7.39. The lowest BCUT2D eigenvalue weighted by molar-refractivity contribution is 1.12. The monoisotopic (exact) mass is 292 g/mol. The van der Waals surface area contributed by atoms with Gasteiger partial charge in [0.05, 0.1) is 16.1 Å². The fraction of sp³-hybridized carbons (Fsp3) is 0. The molecule has 0 unspecified atom stereocenters. The van der Waals surface area contributed by atoms with Gasteiger partial charge in [0.15, 0.2) is 5.82 Å². The summed E-state index contributed by atoms with van der Waals surface area (Å²) in [6.45, 7) is 0. The van der Waals surface area contributed by atoms with Gasteiger partial charge in [0.2, 0.25) is 0 Å². The van der Waals surface area contributed by atoms with Gasteiger partial charge in [-0.1, -0.05) is 30.3 Å². The molecule has 0 aliphatic heterocycles. The van der Waals surface area contributed by atoms with Crippen molar-refractivity contribution in [1.29, 1.82) is 0 Å². The molecule has 0 saturated heterocycles. The Kier molecular flexibility index (Phi) is 2.79. The van der Waals surface area contributed by atoms with E-state index < -0.39 is 0 Å². The second kappa shape index (κ2) is 4.79. The molecule has 2 heterocycles. The van der Waals surface area contributed by atoms with Gasteiger partial charge in [-0.3, -0.25) is 0 Å². The van der Waals surface area contributed by atoms with Crippen molar-refractivity contribution in [3.05, 3.63) is 54.6 Å². The highest BCUT2D eigenvalue weighted by atomic mass is 32.2. The Labute approximate surface area is 125 Å². The molecule has 0 fully saturated rings. The molecule has 0 amide bonds. The number of rotatable bonds is 2. The molecular weight excluding hydrogens is 280 g/mol. The number of aromatic nitrogens is 3. The molecule has 102 valence electrons. The molecule has 0 saturated carbocycles. The largest absolute Gasteiger partial charge is 0.381 e. The Hall–Kier alpha value is -2.53. The number of nitrogens with zero attached hydrogens (tertiary/aromatic N) is 2. The van der Waals surface area contributed by atoms with Crippen LogP contribution in [0, 0.1) is 0 Å². The van der Waals surface area contributed by atoms with Crippen LogP contribution in [0.3, 0.4) is 0 Å². The normalized spacial score (nSPS) is 11.2. The maximum atomic E-state index is 6.02. The molecule has 4 rings (SSSR count). The van der Waals surface area contributed by atoms with E-state index in [9.17, 15) is 0 Å². The number of hydrogen-bond acceptors (Lipinski definition) is 4. The number of H-pyrrole nitrogens is 1. The second-order valence-corrected chi connectivity index (χ2v) is 5.76. The van der Waals surface area contributed by atoms with E-state index in [1.807, 2.05) is 36.4 Å². The van der Waals surface area contributed by atoms with Crippen LogP contribution in [-0.4, -0.2) is 15.0 Å². The van der Waals surface area contributed by atoms with Gasteiger partial charge in [-0.2, -0.15) is 0 Å². The lowest BCUT2D eigenvalue weighted by atomic mass is 10.3. The zero-order valence-electron chi connectivity index (χ0n) is 11.1. The maximum Gasteiger partial charge on any atom is 0.157 e. The molecule has 3 N–H and O–H groups in total. The smallest absolute Gasteiger partial charge is 0.157 e. The predicted octanol–water partition coefficient (Wildman–Crippen LogP) is 3.84. The maximum absolute atomic E-state index is 6.02. The van der Waals surface area contributed by atoms with Gasteiger partial charge in [0.1, 0.15) is 5.03 Å². The predicted molar refractivity (Wildman–Crippen MR) is 86.4 cm³/mol. The van der Waals surface area contributed by atoms with Gasteiger partial charge >= 0.3 is 0 Å². The van der Waals surface area contributed by atoms with Crippen LogP contribution in [0.25, 0.3) is 21.9 Å². The number of para-hydroxylation sites is 3. The van der Waals surface area contributed by atoms with Gasteiger partial charge in [-0.05, 0) is 36.0 Å². The van der Waals surface area contributed by atoms with E-state index in [-0.39, 0.29) is 0 Å². The van der Waals surface area contributed by atoms with Crippen molar-refractivity contribution in [3.63, 3.8) is 0 Å². The standard InChI is InChI=1S/C16H12N4S/c17-15-16(20-13-8-4-3-7-12(13)19-15)21-14-9-10-5-1-2-6-11(10)18-14/h1-9,18H,(H2,17,19). The van der Waals surface area contributed by atoms with Crippen LogP contribution in [-0.2, 0) is 0 Å². The molecule has 2 aromatic carbocycles. The zero-order valence-corrected chi connectivity index (χ0v) is 11.9. The second-order valence-electron chi connectivity index (χ2n) is 4.73. The highest BCUT2D eigenvalue weighted by molar-refractivity contribution is 7.99. The van der Waals surface area contributed by atoms with Crippen molar-refractivity contribution in [2.75, 3.05) is 5.73 Å². The van der Waals surface area contributed by atoms with E-state index in [2.05, 4.69) is 33.2 Å². The Balaban J connectivity index is 1.77. The van der Waals surface area contributed by atoms with E-state index >= 15 is 0 Å². The Bertz CT molecular complexity index is 912. The van der Waals surface area contributed by atoms with Gasteiger partial charge in [0, 0.05) is 10.9 Å². The van der Waals surface area contributed by atoms with Gasteiger partial charge in [0.25, 0.3) is 0 Å². The number of aromatic amines is 1. The van der Waals surface area contributed by atoms with E-state index in [0.29, 0.717) is 5.82 Å². The number of nitrogen functional groups attached to an aromatic ring is 1. The van der Waals surface area contributed by atoms with Crippen molar-refractivity contribution in [2.45, 2.75) is 10.1 Å². The Morgan fingerprint density at radius 2 is 1.62 bits per heavy atom. The van der Waals surface area contributed by atoms with E-state index in [4.69, 9.17) is 5.73 Å². The van der Waals surface area contributed by atoms with Gasteiger partial charge in [-0.25, -0.2) is 9.97 Å². The number of nitrogens with one attached hydrogen (secondary N) is 1. The quantitative estimate of drug-likeness (QED) is 0.589. The minimum Gasteiger partial charge on any atom is -0.381 e. The summed E-state index contributed by atoms with van der Waals surface area (Å²) >= 11 is 1.50. The van der Waals surface area contributed by atoms with Crippen molar-refractivity contribution >= 4 is 39.5 Å². The third-order valence-corrected chi connectivity index (χ3v) is 4.21. The molecule has 0 aliphatic rings. The summed E-state index contributed by atoms with van der Waals surface area (Å²) in [6, 6.07) is 18.0. The first kappa shape index (κ1) is 12.2. The van der Waals surface area contributed by atoms with Crippen LogP contribution < -0.4 is 5.73 Å². The number of benzene rings is 2. The van der Waals surface area contributed by atoms with E-state index in [1.54, 1.807) is 0 Å². The molecule has 2 aromatic heterocycles. The summed E-state index contributed by atoms with van der Waals surface area (Å²) < 4.78 is 0. The lowest BCUT2D eigenvalue weighted by Crippen LogP contribution is -1.97. The first-order valence-electron chi connectivity index (χ1n) is 6.57. The first-order chi connectivity index (χ1) is 10.3. The van der Waals surface area contributed by atoms with Crippen LogP contribution in [0.4, 0.5) is 5.82 Å². The minimum absolute atomic E-state index is 0.456. The Morgan fingerprint density at radius 1 is 0.905 bits per heavy atom. The number of hydrogen-bond donors (Lipinski definition) is 2. The Morgan fingerprint density at radius 3 is 2.43 bits per heavy atom. The topological polar surface area (TPSA) is 67.6 Å². The fourth-order valence-corrected chi connectivity index (χ4v) is 3.13. The third kappa shape index (κ3) is 2.21. The summed E-state index contributed by atoms with van der Waals surface area (Å²) in [6.07, 6.45) is 0. The molecule has 0 atom stereocenters. The molecule has 4 aromatic rings. The molecule has 0 spiro atoms. The minimum atomic E-state index is 0.456. The highest BCUT2D eigenvalue weighted by Gasteiger charge is 2.09. The average Bonchev–Trinajstić information content (AvgIpc) is 2.90. The third-order valence-electron chi connectivity index (χ3n) is 3.28. The SMILES string of the molecule is Nc1nc2ccccc2nc1Sc1cc2ccccc2[nH]1. The van der Waals surface area contributed by atoms with Crippen molar-refractivity contribution in [1.82, 2.24) is 15.0 Å². The van der Waals surface area contributed by atoms with E-state index in [0.717, 1.165) is 26.6 Å². The number of nitrogens with two attached hydrogens (primary N) is 1. The number of anilines is 1. The summed E-state index contributed by atoms with van der Waals surface area (Å²) in [7, 11) is 0. The van der Waals surface area contributed by atoms with E-state index in [1.165, 1.54) is 17.1 Å². The van der Waals surface area contributed by atoms with Crippen LogP contribution in [0.15, 0.2) is 64.6 Å². The number of fused-ring (bicyclic) bond motifs is 2. The van der Waals surface area contributed by atoms with Crippen LogP contribution in [0.2, 0.25) is 0 Å². The molecule has 0 aliphatic carbocycles. The van der Waals surface area contributed by atoms with Crippen molar-refractivity contribution in [3.8, 4) is 0 Å². The van der Waals surface area contributed by atoms with Crippen molar-refractivity contribution < 1.29 is 0 Å². The van der Waals surface area contributed by atoms with Crippen LogP contribution in [0.1, 0.15) is 0 Å². The van der Waals surface area contributed by atoms with Gasteiger partial charge < -0.3 is 10.7 Å². The molecule has 0 bridgehead atoms. The fourth-order valence-electron chi connectivity index (χ4n) is 2.28.